The van der Waals surface area contributed by atoms with Crippen LogP contribution in [0.5, 0.6) is 0 Å². The van der Waals surface area contributed by atoms with Crippen LogP contribution in [0.4, 0.5) is 0 Å². The Morgan fingerprint density at radius 3 is 2.68 bits per heavy atom. The molecule has 6 heteroatoms. The van der Waals surface area contributed by atoms with Crippen LogP contribution in [-0.4, -0.2) is 10.9 Å². The summed E-state index contributed by atoms with van der Waals surface area (Å²) in [5, 5.41) is 6.98. The Morgan fingerprint density at radius 1 is 1.12 bits per heavy atom. The van der Waals surface area contributed by atoms with Gasteiger partial charge in [-0.05, 0) is 24.1 Å². The Balaban J connectivity index is 1.50. The summed E-state index contributed by atoms with van der Waals surface area (Å²) in [6.07, 6.45) is 0.952. The average Bonchev–Trinajstić information content (AvgIpc) is 3.09. The topological polar surface area (TPSA) is 42.0 Å². The average molecular weight is 391 g/mol. The fraction of sp³-hybridized carbons (Fsp3) is 0.158. The van der Waals surface area contributed by atoms with E-state index in [-0.39, 0.29) is 5.91 Å². The third kappa shape index (κ3) is 5.05. The molecule has 0 aliphatic rings. The van der Waals surface area contributed by atoms with Gasteiger partial charge >= 0.3 is 0 Å². The SMILES string of the molecule is O=C(CCc1ccc(Cl)cc1Cl)NCc1nc(-c2ccccc2)cs1. The Bertz CT molecular complexity index is 865. The number of aryl methyl sites for hydroxylation is 1. The van der Waals surface area contributed by atoms with Crippen molar-refractivity contribution in [2.24, 2.45) is 0 Å². The first-order valence-electron chi connectivity index (χ1n) is 7.82. The number of hydrogen-bond donors (Lipinski definition) is 1. The summed E-state index contributed by atoms with van der Waals surface area (Å²) in [5.74, 6) is -0.0255. The first-order chi connectivity index (χ1) is 12.1. The molecule has 0 unspecified atom stereocenters. The van der Waals surface area contributed by atoms with E-state index < -0.39 is 0 Å². The van der Waals surface area contributed by atoms with Gasteiger partial charge in [0.2, 0.25) is 5.91 Å². The molecule has 0 atom stereocenters. The molecule has 3 nitrogen and oxygen atoms in total. The zero-order valence-corrected chi connectivity index (χ0v) is 15.7. The van der Waals surface area contributed by atoms with E-state index in [1.807, 2.05) is 41.8 Å². The van der Waals surface area contributed by atoms with Crippen LogP contribution in [0.1, 0.15) is 17.0 Å². The lowest BCUT2D eigenvalue weighted by Gasteiger charge is -2.05. The van der Waals surface area contributed by atoms with Gasteiger partial charge in [0, 0.05) is 27.4 Å². The monoisotopic (exact) mass is 390 g/mol. The number of thiazole rings is 1. The maximum atomic E-state index is 12.0. The number of halogens is 2. The second-order valence-corrected chi connectivity index (χ2v) is 7.29. The van der Waals surface area contributed by atoms with Crippen molar-refractivity contribution >= 4 is 40.4 Å². The molecular formula is C19H16Cl2N2OS. The maximum absolute atomic E-state index is 12.0. The number of carbonyl (C=O) groups excluding carboxylic acids is 1. The Labute approximate surface area is 160 Å². The molecular weight excluding hydrogens is 375 g/mol. The molecule has 1 aromatic heterocycles. The number of nitrogens with one attached hydrogen (secondary N) is 1. The highest BCUT2D eigenvalue weighted by Gasteiger charge is 2.08. The number of rotatable bonds is 6. The van der Waals surface area contributed by atoms with Crippen molar-refractivity contribution in [1.82, 2.24) is 10.3 Å². The molecule has 1 heterocycles. The third-order valence-electron chi connectivity index (χ3n) is 3.69. The van der Waals surface area contributed by atoms with Gasteiger partial charge in [0.25, 0.3) is 0 Å². The smallest absolute Gasteiger partial charge is 0.220 e. The van der Waals surface area contributed by atoms with Gasteiger partial charge in [0.05, 0.1) is 12.2 Å². The van der Waals surface area contributed by atoms with Gasteiger partial charge in [-0.25, -0.2) is 4.98 Å². The van der Waals surface area contributed by atoms with E-state index >= 15 is 0 Å². The normalized spacial score (nSPS) is 10.6. The van der Waals surface area contributed by atoms with E-state index in [4.69, 9.17) is 23.2 Å². The van der Waals surface area contributed by atoms with E-state index in [1.165, 1.54) is 0 Å². The number of benzene rings is 2. The predicted molar refractivity (Wildman–Crippen MR) is 104 cm³/mol. The van der Waals surface area contributed by atoms with Crippen molar-refractivity contribution in [3.05, 3.63) is 74.5 Å². The fourth-order valence-electron chi connectivity index (χ4n) is 2.37. The zero-order valence-electron chi connectivity index (χ0n) is 13.3. The molecule has 0 radical (unpaired) electrons. The molecule has 0 aliphatic heterocycles. The molecule has 0 aliphatic carbocycles. The van der Waals surface area contributed by atoms with Crippen LogP contribution in [0, 0.1) is 0 Å². The van der Waals surface area contributed by atoms with Crippen molar-refractivity contribution in [2.45, 2.75) is 19.4 Å². The largest absolute Gasteiger partial charge is 0.350 e. The number of hydrogen-bond acceptors (Lipinski definition) is 3. The summed E-state index contributed by atoms with van der Waals surface area (Å²) in [7, 11) is 0. The molecule has 0 saturated carbocycles. The van der Waals surface area contributed by atoms with Gasteiger partial charge in [-0.1, -0.05) is 59.6 Å². The minimum absolute atomic E-state index is 0.0255. The number of amides is 1. The molecule has 3 rings (SSSR count). The second-order valence-electron chi connectivity index (χ2n) is 5.50. The fourth-order valence-corrected chi connectivity index (χ4v) is 3.61. The van der Waals surface area contributed by atoms with E-state index in [1.54, 1.807) is 23.5 Å². The van der Waals surface area contributed by atoms with Crippen molar-refractivity contribution in [3.63, 3.8) is 0 Å². The van der Waals surface area contributed by atoms with E-state index in [9.17, 15) is 4.79 Å². The molecule has 1 amide bonds. The van der Waals surface area contributed by atoms with Crippen LogP contribution in [0.25, 0.3) is 11.3 Å². The molecule has 0 fully saturated rings. The molecule has 3 aromatic rings. The summed E-state index contributed by atoms with van der Waals surface area (Å²) < 4.78 is 0. The van der Waals surface area contributed by atoms with E-state index in [2.05, 4.69) is 10.3 Å². The third-order valence-corrected chi connectivity index (χ3v) is 5.13. The van der Waals surface area contributed by atoms with Crippen LogP contribution < -0.4 is 5.32 Å². The second kappa shape index (κ2) is 8.48. The van der Waals surface area contributed by atoms with Crippen LogP contribution in [-0.2, 0) is 17.8 Å². The summed E-state index contributed by atoms with van der Waals surface area (Å²) in [5.41, 5.74) is 2.93. The van der Waals surface area contributed by atoms with Gasteiger partial charge < -0.3 is 5.32 Å². The Hall–Kier alpha value is -1.88. The molecule has 128 valence electrons. The first-order valence-corrected chi connectivity index (χ1v) is 9.46. The van der Waals surface area contributed by atoms with Crippen molar-refractivity contribution in [3.8, 4) is 11.3 Å². The Morgan fingerprint density at radius 2 is 1.92 bits per heavy atom. The van der Waals surface area contributed by atoms with E-state index in [0.29, 0.717) is 29.4 Å². The molecule has 0 saturated heterocycles. The van der Waals surface area contributed by atoms with Gasteiger partial charge in [0.1, 0.15) is 5.01 Å². The summed E-state index contributed by atoms with van der Waals surface area (Å²) >= 11 is 13.5. The molecule has 1 N–H and O–H groups in total. The summed E-state index contributed by atoms with van der Waals surface area (Å²) in [6.45, 7) is 0.435. The van der Waals surface area contributed by atoms with Gasteiger partial charge in [-0.15, -0.1) is 11.3 Å². The molecule has 25 heavy (non-hydrogen) atoms. The molecule has 0 spiro atoms. The summed E-state index contributed by atoms with van der Waals surface area (Å²) in [6, 6.07) is 15.3. The maximum Gasteiger partial charge on any atom is 0.220 e. The minimum Gasteiger partial charge on any atom is -0.350 e. The van der Waals surface area contributed by atoms with E-state index in [0.717, 1.165) is 21.8 Å². The van der Waals surface area contributed by atoms with Crippen molar-refractivity contribution in [1.29, 1.82) is 0 Å². The number of aromatic nitrogens is 1. The van der Waals surface area contributed by atoms with Gasteiger partial charge in [0.15, 0.2) is 0 Å². The lowest BCUT2D eigenvalue weighted by Crippen LogP contribution is -2.22. The first kappa shape index (κ1) is 17.9. The minimum atomic E-state index is -0.0255. The lowest BCUT2D eigenvalue weighted by atomic mass is 10.1. The van der Waals surface area contributed by atoms with Crippen LogP contribution >= 0.6 is 34.5 Å². The van der Waals surface area contributed by atoms with Crippen molar-refractivity contribution < 1.29 is 4.79 Å². The molecule has 2 aromatic carbocycles. The number of nitrogens with zero attached hydrogens (tertiary/aromatic N) is 1. The Kier molecular flexibility index (Phi) is 6.08. The zero-order chi connectivity index (χ0) is 17.6. The molecule has 0 bridgehead atoms. The standard InChI is InChI=1S/C19H16Cl2N2OS/c20-15-8-6-13(16(21)10-15)7-9-18(24)22-11-19-23-17(12-25-19)14-4-2-1-3-5-14/h1-6,8,10,12H,7,9,11H2,(H,22,24). The number of carbonyl (C=O) groups is 1. The van der Waals surface area contributed by atoms with Crippen LogP contribution in [0.15, 0.2) is 53.9 Å². The van der Waals surface area contributed by atoms with Gasteiger partial charge in [-0.2, -0.15) is 0 Å². The highest BCUT2D eigenvalue weighted by molar-refractivity contribution is 7.09. The van der Waals surface area contributed by atoms with Gasteiger partial charge in [-0.3, -0.25) is 4.79 Å². The quantitative estimate of drug-likeness (QED) is 0.614. The lowest BCUT2D eigenvalue weighted by molar-refractivity contribution is -0.121. The van der Waals surface area contributed by atoms with Crippen LogP contribution in [0.2, 0.25) is 10.0 Å². The van der Waals surface area contributed by atoms with Crippen molar-refractivity contribution in [2.75, 3.05) is 0 Å². The van der Waals surface area contributed by atoms with Crippen LogP contribution in [0.3, 0.4) is 0 Å². The predicted octanol–water partition coefficient (Wildman–Crippen LogP) is 5.37. The highest BCUT2D eigenvalue weighted by atomic mass is 35.5. The summed E-state index contributed by atoms with van der Waals surface area (Å²) in [4.78, 5) is 16.6. The highest BCUT2D eigenvalue weighted by Crippen LogP contribution is 2.23.